The summed E-state index contributed by atoms with van der Waals surface area (Å²) in [4.78, 5) is 122. The molecule has 0 aliphatic rings. The molecule has 33 nitrogen and oxygen atoms in total. The van der Waals surface area contributed by atoms with E-state index in [0.717, 1.165) is 17.0 Å². The molecule has 6 amide bonds. The number of aliphatic hydroxyl groups is 1. The van der Waals surface area contributed by atoms with E-state index in [1.807, 2.05) is 5.32 Å². The van der Waals surface area contributed by atoms with Crippen molar-refractivity contribution in [1.29, 1.82) is 5.26 Å². The second-order valence-electron chi connectivity index (χ2n) is 15.2. The predicted molar refractivity (Wildman–Crippen MR) is 261 cm³/mol. The molecule has 0 bridgehead atoms. The fourth-order valence-corrected chi connectivity index (χ4v) is 6.34. The van der Waals surface area contributed by atoms with Crippen LogP contribution in [-0.4, -0.2) is 126 Å². The Morgan fingerprint density at radius 3 is 1.49 bits per heavy atom. The van der Waals surface area contributed by atoms with Crippen LogP contribution in [0.3, 0.4) is 0 Å². The quantitative estimate of drug-likeness (QED) is 0.0172. The van der Waals surface area contributed by atoms with E-state index in [2.05, 4.69) is 41.2 Å². The van der Waals surface area contributed by atoms with Crippen LogP contribution >= 0.6 is 0 Å². The number of nitriles is 1. The van der Waals surface area contributed by atoms with Crippen LogP contribution < -0.4 is 82.3 Å². The van der Waals surface area contributed by atoms with Gasteiger partial charge < -0.3 is 87.4 Å². The Labute approximate surface area is 413 Å². The molecule has 22 N–H and O–H groups in total. The van der Waals surface area contributed by atoms with Gasteiger partial charge in [0.2, 0.25) is 36.5 Å². The van der Waals surface area contributed by atoms with Crippen molar-refractivity contribution >= 4 is 81.9 Å². The minimum Gasteiger partial charge on any atom is -0.394 e. The number of hydrogen-bond donors (Lipinski definition) is 14. The molecule has 388 valence electrons. The Kier molecular flexibility index (Phi) is 20.1. The lowest BCUT2D eigenvalue weighted by atomic mass is 10.0. The zero-order valence-corrected chi connectivity index (χ0v) is 38.9. The summed E-state index contributed by atoms with van der Waals surface area (Å²) in [6.45, 7) is -0.516. The van der Waals surface area contributed by atoms with Gasteiger partial charge in [-0.05, 0) is 30.2 Å². The number of nitrogens with one attached hydrogen (secondary N) is 5. The van der Waals surface area contributed by atoms with Gasteiger partial charge in [0, 0.05) is 38.5 Å². The van der Waals surface area contributed by atoms with Crippen molar-refractivity contribution in [2.45, 2.75) is 50.2 Å². The number of amides is 6. The Morgan fingerprint density at radius 1 is 0.658 bits per heavy atom. The molecule has 3 aromatic carbocycles. The van der Waals surface area contributed by atoms with Gasteiger partial charge in [0.05, 0.1) is 33.9 Å². The van der Waals surface area contributed by atoms with Crippen molar-refractivity contribution in [2.75, 3.05) is 30.5 Å². The van der Waals surface area contributed by atoms with Gasteiger partial charge in [-0.15, -0.1) is 0 Å². The molecule has 0 aliphatic carbocycles. The maximum atomic E-state index is 14.6. The molecule has 0 saturated heterocycles. The Balaban J connectivity index is 2.11. The SMILES string of the molecule is CC(N)=NC(NC(=O)C(N=C(N)N)NC(=O)C(N=C(N)N)NC(=O)C(NC(=O)C(CO)N(Cc1ccc(N(C)C)cc1)c1c([N+](=O)[O-])cc(C#N)cc1[N+](=O)[O-])c1ccccc1)C(=O)NC(N=C(N)N)C(N)=O. The first-order valence-electron chi connectivity index (χ1n) is 20.7. The number of carbonyl (C=O) groups excluding carboxylic acids is 6. The number of aliphatic imine (C=N–C) groups is 4. The van der Waals surface area contributed by atoms with E-state index in [9.17, 15) is 59.4 Å². The summed E-state index contributed by atoms with van der Waals surface area (Å²) < 4.78 is 0. The summed E-state index contributed by atoms with van der Waals surface area (Å²) in [5.74, 6) is -10.5. The average Bonchev–Trinajstić information content (AvgIpc) is 3.31. The molecule has 6 atom stereocenters. The highest BCUT2D eigenvalue weighted by atomic mass is 16.6. The minimum absolute atomic E-state index is 0.00805. The molecule has 0 aromatic heterocycles. The second-order valence-corrected chi connectivity index (χ2v) is 15.2. The first-order chi connectivity index (χ1) is 34.3. The first-order valence-corrected chi connectivity index (χ1v) is 20.7. The lowest BCUT2D eigenvalue weighted by Crippen LogP contribution is -2.58. The van der Waals surface area contributed by atoms with Gasteiger partial charge in [-0.3, -0.25) is 49.0 Å². The molecule has 3 rings (SSSR count). The van der Waals surface area contributed by atoms with Crippen LogP contribution in [0.1, 0.15) is 29.7 Å². The van der Waals surface area contributed by atoms with E-state index in [1.165, 1.54) is 37.3 Å². The van der Waals surface area contributed by atoms with Crippen molar-refractivity contribution < 1.29 is 43.7 Å². The molecule has 73 heavy (non-hydrogen) atoms. The third-order valence-corrected chi connectivity index (χ3v) is 9.52. The monoisotopic (exact) mass is 1020 g/mol. The number of nitro groups is 2. The number of aliphatic hydroxyl groups excluding tert-OH is 1. The van der Waals surface area contributed by atoms with Crippen molar-refractivity contribution in [3.8, 4) is 6.07 Å². The van der Waals surface area contributed by atoms with Gasteiger partial charge >= 0.3 is 11.4 Å². The molecule has 3 aromatic rings. The average molecular weight is 1020 g/mol. The van der Waals surface area contributed by atoms with Crippen LogP contribution in [0.25, 0.3) is 0 Å². The van der Waals surface area contributed by atoms with E-state index in [1.54, 1.807) is 49.3 Å². The molecule has 33 heteroatoms. The normalized spacial score (nSPS) is 13.2. The topological polar surface area (TPSA) is 557 Å². The van der Waals surface area contributed by atoms with E-state index in [-0.39, 0.29) is 11.4 Å². The van der Waals surface area contributed by atoms with Gasteiger partial charge in [-0.2, -0.15) is 5.26 Å². The van der Waals surface area contributed by atoms with Crippen molar-refractivity contribution in [3.63, 3.8) is 0 Å². The van der Waals surface area contributed by atoms with Crippen molar-refractivity contribution in [1.82, 2.24) is 26.6 Å². The van der Waals surface area contributed by atoms with Crippen LogP contribution in [0.2, 0.25) is 0 Å². The molecule has 6 unspecified atom stereocenters. The number of anilines is 2. The van der Waals surface area contributed by atoms with Crippen LogP contribution in [0, 0.1) is 31.6 Å². The molecule has 0 heterocycles. The number of benzene rings is 3. The van der Waals surface area contributed by atoms with Crippen LogP contribution in [0.5, 0.6) is 0 Å². The number of primary amides is 1. The van der Waals surface area contributed by atoms with Gasteiger partial charge in [-0.25, -0.2) is 20.0 Å². The number of carbonyl (C=O) groups is 6. The maximum Gasteiger partial charge on any atom is 0.301 e. The van der Waals surface area contributed by atoms with Gasteiger partial charge in [0.25, 0.3) is 23.6 Å². The van der Waals surface area contributed by atoms with Crippen molar-refractivity contribution in [3.05, 3.63) is 104 Å². The zero-order valence-electron chi connectivity index (χ0n) is 38.9. The largest absolute Gasteiger partial charge is 0.394 e. The molecule has 0 radical (unpaired) electrons. The smallest absolute Gasteiger partial charge is 0.301 e. The van der Waals surface area contributed by atoms with Crippen molar-refractivity contribution in [2.24, 2.45) is 65.8 Å². The highest BCUT2D eigenvalue weighted by molar-refractivity contribution is 5.99. The highest BCUT2D eigenvalue weighted by Gasteiger charge is 2.40. The molecule has 0 spiro atoms. The fourth-order valence-electron chi connectivity index (χ4n) is 6.34. The van der Waals surface area contributed by atoms with E-state index in [4.69, 9.17) is 45.9 Å². The minimum atomic E-state index is -2.22. The Bertz CT molecular complexity index is 2690. The molecular weight excluding hydrogens is 965 g/mol. The molecule has 0 aliphatic heterocycles. The number of hydrogen-bond acceptors (Lipinski definition) is 18. The zero-order chi connectivity index (χ0) is 54.9. The van der Waals surface area contributed by atoms with Crippen LogP contribution in [0.4, 0.5) is 22.7 Å². The molecular formula is C40H52N22O11. The lowest BCUT2D eigenvalue weighted by Gasteiger charge is -2.32. The summed E-state index contributed by atoms with van der Waals surface area (Å²) in [7, 11) is 3.49. The second kappa shape index (κ2) is 25.8. The van der Waals surface area contributed by atoms with Crippen LogP contribution in [-0.2, 0) is 35.3 Å². The summed E-state index contributed by atoms with van der Waals surface area (Å²) in [6, 6.07) is 12.7. The standard InChI is InChI=1S/C40H52N22O11/c1-18(42)50-30(35(67)52-29(28(43)64)56-38(44)45)54-37(69)32(58-40(48)49)55-36(68)31(57-39(46)47)53-34(66)26(21-7-5-4-6-8-21)51-33(65)25(17-63)60(16-19-9-11-22(12-10-19)59(2)3)27-23(61(70)71)13-20(15-41)14-24(27)62(72)73/h4-14,25-26,29-32,63H,16-17H2,1-3H3,(H2,42,50)(H2,43,64)(H,51,65)(H,52,67)(H,53,66)(H,54,69)(H,55,68)(H4,44,45,56)(H4,46,47,57)(H4,48,49,58). The van der Waals surface area contributed by atoms with Gasteiger partial charge in [-0.1, -0.05) is 42.5 Å². The van der Waals surface area contributed by atoms with Gasteiger partial charge in [0.1, 0.15) is 12.1 Å². The van der Waals surface area contributed by atoms with Crippen LogP contribution in [0.15, 0.2) is 86.7 Å². The van der Waals surface area contributed by atoms with E-state index in [0.29, 0.717) is 11.3 Å². The summed E-state index contributed by atoms with van der Waals surface area (Å²) in [5.41, 5.74) is 41.5. The van der Waals surface area contributed by atoms with E-state index < -0.39 is 136 Å². The fraction of sp³-hybridized carbons (Fsp3) is 0.275. The Morgan fingerprint density at radius 2 is 1.10 bits per heavy atom. The summed E-state index contributed by atoms with van der Waals surface area (Å²) >= 11 is 0. The summed E-state index contributed by atoms with van der Waals surface area (Å²) in [5, 5.41) is 56.3. The molecule has 0 fully saturated rings. The number of nitrogens with zero attached hydrogens (tertiary/aromatic N) is 9. The van der Waals surface area contributed by atoms with E-state index >= 15 is 0 Å². The lowest BCUT2D eigenvalue weighted by molar-refractivity contribution is -0.392. The van der Waals surface area contributed by atoms with Gasteiger partial charge in [0.15, 0.2) is 23.6 Å². The number of guanidine groups is 3. The predicted octanol–water partition coefficient (Wildman–Crippen LogP) is -5.88. The molecule has 0 saturated carbocycles. The number of rotatable bonds is 24. The third kappa shape index (κ3) is 16.4. The number of nitrogens with two attached hydrogens (primary N) is 8. The Hall–Kier alpha value is -10.4. The summed E-state index contributed by atoms with van der Waals surface area (Å²) in [6.07, 6.45) is -8.29. The first kappa shape index (κ1) is 56.9. The number of nitro benzene ring substituents is 2. The highest BCUT2D eigenvalue weighted by Crippen LogP contribution is 2.41. The third-order valence-electron chi connectivity index (χ3n) is 9.52. The number of amidine groups is 1. The maximum absolute atomic E-state index is 14.6.